The van der Waals surface area contributed by atoms with Crippen molar-refractivity contribution in [3.05, 3.63) is 59.7 Å². The molecule has 1 amide bonds. The molecule has 0 bridgehead atoms. The third-order valence-corrected chi connectivity index (χ3v) is 5.26. The molecule has 1 aliphatic rings. The number of carbonyl (C=O) groups is 1. The van der Waals surface area contributed by atoms with Gasteiger partial charge in [-0.2, -0.15) is 0 Å². The lowest BCUT2D eigenvalue weighted by molar-refractivity contribution is 0.141. The second-order valence-electron chi connectivity index (χ2n) is 5.53. The van der Waals surface area contributed by atoms with Crippen LogP contribution < -0.4 is 5.32 Å². The molecule has 1 atom stereocenters. The predicted octanol–water partition coefficient (Wildman–Crippen LogP) is 4.35. The van der Waals surface area contributed by atoms with Crippen molar-refractivity contribution < 1.29 is 9.53 Å². The van der Waals surface area contributed by atoms with Crippen molar-refractivity contribution in [2.45, 2.75) is 18.9 Å². The van der Waals surface area contributed by atoms with E-state index in [1.165, 1.54) is 22.3 Å². The van der Waals surface area contributed by atoms with Crippen molar-refractivity contribution in [2.75, 3.05) is 11.0 Å². The van der Waals surface area contributed by atoms with E-state index in [9.17, 15) is 4.79 Å². The van der Waals surface area contributed by atoms with Crippen LogP contribution in [0.25, 0.3) is 11.1 Å². The molecule has 0 aromatic heterocycles. The van der Waals surface area contributed by atoms with E-state index in [-0.39, 0.29) is 18.1 Å². The zero-order valence-electron chi connectivity index (χ0n) is 12.4. The van der Waals surface area contributed by atoms with Crippen LogP contribution in [-0.4, -0.2) is 23.2 Å². The Labute approximate surface area is 144 Å². The number of rotatable bonds is 4. The smallest absolute Gasteiger partial charge is 0.407 e. The summed E-state index contributed by atoms with van der Waals surface area (Å²) in [5.74, 6) is 0.119. The summed E-state index contributed by atoms with van der Waals surface area (Å²) in [7, 11) is 0. The summed E-state index contributed by atoms with van der Waals surface area (Å²) in [5, 5.41) is 2.83. The highest BCUT2D eigenvalue weighted by Gasteiger charge is 2.28. The zero-order valence-corrected chi connectivity index (χ0v) is 14.5. The van der Waals surface area contributed by atoms with Crippen molar-refractivity contribution in [1.82, 2.24) is 5.32 Å². The first-order valence-corrected chi connectivity index (χ1v) is 8.90. The first-order chi connectivity index (χ1) is 10.7. The van der Waals surface area contributed by atoms with Crippen molar-refractivity contribution >= 4 is 28.7 Å². The summed E-state index contributed by atoms with van der Waals surface area (Å²) in [6.45, 7) is 2.34. The highest BCUT2D eigenvalue weighted by Crippen LogP contribution is 2.44. The number of alkyl carbamates (subject to hydrolysis) is 1. The topological polar surface area (TPSA) is 38.3 Å². The van der Waals surface area contributed by atoms with E-state index in [4.69, 9.17) is 4.74 Å². The number of fused-ring (bicyclic) bond motifs is 3. The monoisotopic (exact) mass is 407 g/mol. The molecule has 0 saturated heterocycles. The fraction of sp³-hybridized carbons (Fsp3) is 0.278. The van der Waals surface area contributed by atoms with E-state index in [0.717, 1.165) is 4.43 Å². The molecular formula is C18H18INO2. The number of carbonyl (C=O) groups excluding carboxylic acids is 1. The second-order valence-corrected chi connectivity index (χ2v) is 6.41. The van der Waals surface area contributed by atoms with Gasteiger partial charge in [0.25, 0.3) is 0 Å². The molecular weight excluding hydrogens is 389 g/mol. The Morgan fingerprint density at radius 3 is 2.23 bits per heavy atom. The molecule has 2 aromatic rings. The van der Waals surface area contributed by atoms with Gasteiger partial charge in [-0.1, -0.05) is 71.1 Å². The molecule has 0 heterocycles. The molecule has 22 heavy (non-hydrogen) atoms. The Morgan fingerprint density at radius 2 is 1.68 bits per heavy atom. The molecule has 0 radical (unpaired) electrons. The maximum atomic E-state index is 11.9. The maximum Gasteiger partial charge on any atom is 0.407 e. The minimum absolute atomic E-state index is 0.119. The van der Waals surface area contributed by atoms with Crippen molar-refractivity contribution in [3.8, 4) is 11.1 Å². The molecule has 3 rings (SSSR count). The normalized spacial score (nSPS) is 14.1. The molecule has 3 nitrogen and oxygen atoms in total. The highest BCUT2D eigenvalue weighted by molar-refractivity contribution is 14.1. The van der Waals surface area contributed by atoms with Gasteiger partial charge >= 0.3 is 6.09 Å². The Bertz CT molecular complexity index is 641. The summed E-state index contributed by atoms with van der Waals surface area (Å²) >= 11 is 2.24. The van der Waals surface area contributed by atoms with E-state index in [2.05, 4.69) is 52.2 Å². The van der Waals surface area contributed by atoms with Gasteiger partial charge in [-0.3, -0.25) is 0 Å². The number of benzene rings is 2. The number of amides is 1. The zero-order chi connectivity index (χ0) is 15.5. The number of ether oxygens (including phenoxy) is 1. The van der Waals surface area contributed by atoms with Crippen molar-refractivity contribution in [1.29, 1.82) is 0 Å². The van der Waals surface area contributed by atoms with Gasteiger partial charge < -0.3 is 10.1 Å². The number of alkyl halides is 1. The Balaban J connectivity index is 1.78. The molecule has 2 aromatic carbocycles. The largest absolute Gasteiger partial charge is 0.449 e. The fourth-order valence-corrected chi connectivity index (χ4v) is 3.10. The SMILES string of the molecule is C[C@H](CI)NC(=O)OCC1c2ccccc2-c2ccccc21. The van der Waals surface area contributed by atoms with Crippen LogP contribution in [0.2, 0.25) is 0 Å². The minimum atomic E-state index is -0.342. The summed E-state index contributed by atoms with van der Waals surface area (Å²) in [6, 6.07) is 16.8. The van der Waals surface area contributed by atoms with Crippen LogP contribution >= 0.6 is 22.6 Å². The molecule has 0 unspecified atom stereocenters. The summed E-state index contributed by atoms with van der Waals surface area (Å²) in [5.41, 5.74) is 4.96. The highest BCUT2D eigenvalue weighted by atomic mass is 127. The van der Waals surface area contributed by atoms with E-state index in [1.807, 2.05) is 31.2 Å². The molecule has 0 fully saturated rings. The van der Waals surface area contributed by atoms with E-state index in [0.29, 0.717) is 6.61 Å². The minimum Gasteiger partial charge on any atom is -0.449 e. The van der Waals surface area contributed by atoms with Crippen LogP contribution in [0.15, 0.2) is 48.5 Å². The van der Waals surface area contributed by atoms with Crippen LogP contribution in [0.3, 0.4) is 0 Å². The third-order valence-electron chi connectivity index (χ3n) is 3.94. The lowest BCUT2D eigenvalue weighted by atomic mass is 9.98. The van der Waals surface area contributed by atoms with Crippen LogP contribution in [0.1, 0.15) is 24.0 Å². The van der Waals surface area contributed by atoms with Crippen LogP contribution in [0.5, 0.6) is 0 Å². The standard InChI is InChI=1S/C18H18INO2/c1-12(10-19)20-18(21)22-11-17-15-8-4-2-6-13(15)14-7-3-5-9-16(14)17/h2-9,12,17H,10-11H2,1H3,(H,20,21)/t12-/m1/s1. The molecule has 4 heteroatoms. The van der Waals surface area contributed by atoms with Gasteiger partial charge in [0.2, 0.25) is 0 Å². The van der Waals surface area contributed by atoms with Gasteiger partial charge in [0.1, 0.15) is 6.61 Å². The molecule has 1 aliphatic carbocycles. The van der Waals surface area contributed by atoms with Crippen LogP contribution in [-0.2, 0) is 4.74 Å². The average molecular weight is 407 g/mol. The number of hydrogen-bond acceptors (Lipinski definition) is 2. The van der Waals surface area contributed by atoms with E-state index < -0.39 is 0 Å². The first kappa shape index (κ1) is 15.3. The van der Waals surface area contributed by atoms with Crippen molar-refractivity contribution in [2.24, 2.45) is 0 Å². The Kier molecular flexibility index (Phi) is 4.66. The lowest BCUT2D eigenvalue weighted by Gasteiger charge is -2.16. The fourth-order valence-electron chi connectivity index (χ4n) is 2.88. The van der Waals surface area contributed by atoms with Gasteiger partial charge in [-0.05, 0) is 29.2 Å². The van der Waals surface area contributed by atoms with Gasteiger partial charge in [0.15, 0.2) is 0 Å². The first-order valence-electron chi connectivity index (χ1n) is 7.38. The Hall–Kier alpha value is -1.56. The number of nitrogens with one attached hydrogen (secondary N) is 1. The predicted molar refractivity (Wildman–Crippen MR) is 96.6 cm³/mol. The summed E-state index contributed by atoms with van der Waals surface area (Å²) < 4.78 is 6.32. The van der Waals surface area contributed by atoms with Gasteiger partial charge in [-0.25, -0.2) is 4.79 Å². The van der Waals surface area contributed by atoms with Gasteiger partial charge in [-0.15, -0.1) is 0 Å². The molecule has 0 aliphatic heterocycles. The maximum absolute atomic E-state index is 11.9. The number of halogens is 1. The lowest BCUT2D eigenvalue weighted by Crippen LogP contribution is -2.34. The van der Waals surface area contributed by atoms with Crippen molar-refractivity contribution in [3.63, 3.8) is 0 Å². The van der Waals surface area contributed by atoms with Crippen LogP contribution in [0, 0.1) is 0 Å². The number of hydrogen-bond donors (Lipinski definition) is 1. The van der Waals surface area contributed by atoms with Crippen LogP contribution in [0.4, 0.5) is 4.79 Å². The molecule has 0 saturated carbocycles. The van der Waals surface area contributed by atoms with Gasteiger partial charge in [0.05, 0.1) is 0 Å². The summed E-state index contributed by atoms with van der Waals surface area (Å²) in [6.07, 6.45) is -0.342. The van der Waals surface area contributed by atoms with E-state index in [1.54, 1.807) is 0 Å². The van der Waals surface area contributed by atoms with E-state index >= 15 is 0 Å². The second kappa shape index (κ2) is 6.69. The molecule has 0 spiro atoms. The summed E-state index contributed by atoms with van der Waals surface area (Å²) in [4.78, 5) is 11.9. The quantitative estimate of drug-likeness (QED) is 0.605. The molecule has 114 valence electrons. The average Bonchev–Trinajstić information content (AvgIpc) is 2.87. The third kappa shape index (κ3) is 2.97. The molecule has 1 N–H and O–H groups in total. The van der Waals surface area contributed by atoms with Gasteiger partial charge in [0, 0.05) is 16.4 Å². The Morgan fingerprint density at radius 1 is 1.14 bits per heavy atom.